The van der Waals surface area contributed by atoms with Crippen molar-refractivity contribution >= 4 is 0 Å². The second-order valence-electron chi connectivity index (χ2n) is 2.52. The Morgan fingerprint density at radius 2 is 2.17 bits per heavy atom. The molecule has 0 amide bonds. The summed E-state index contributed by atoms with van der Waals surface area (Å²) < 4.78 is 27.4. The average Bonchev–Trinajstić information content (AvgIpc) is 1.95. The molecule has 0 saturated carbocycles. The van der Waals surface area contributed by atoms with Gasteiger partial charge in [-0.2, -0.15) is 0 Å². The summed E-state index contributed by atoms with van der Waals surface area (Å²) in [6, 6.07) is 0. The Kier molecular flexibility index (Phi) is 6.66. The molecule has 0 radical (unpaired) electrons. The Labute approximate surface area is 70.8 Å². The van der Waals surface area contributed by atoms with E-state index in [2.05, 4.69) is 4.74 Å². The number of rotatable bonds is 6. The maximum atomic E-state index is 11.5. The number of aliphatic hydroxyl groups is 1. The molecule has 0 saturated heterocycles. The van der Waals surface area contributed by atoms with Crippen LogP contribution in [0.15, 0.2) is 12.3 Å². The fourth-order valence-electron chi connectivity index (χ4n) is 0.602. The Balaban J connectivity index is 3.15. The van der Waals surface area contributed by atoms with Gasteiger partial charge in [0.1, 0.15) is 6.61 Å². The first-order valence-electron chi connectivity index (χ1n) is 3.85. The van der Waals surface area contributed by atoms with Gasteiger partial charge in [-0.25, -0.2) is 8.78 Å². The quantitative estimate of drug-likeness (QED) is 0.633. The summed E-state index contributed by atoms with van der Waals surface area (Å²) in [4.78, 5) is 0. The van der Waals surface area contributed by atoms with E-state index in [-0.39, 0.29) is 6.10 Å². The molecule has 1 atom stereocenters. The lowest BCUT2D eigenvalue weighted by molar-refractivity contribution is 0.0599. The molecule has 0 aromatic carbocycles. The van der Waals surface area contributed by atoms with Crippen LogP contribution >= 0.6 is 0 Å². The van der Waals surface area contributed by atoms with Gasteiger partial charge in [-0.3, -0.25) is 0 Å². The van der Waals surface area contributed by atoms with Crippen molar-refractivity contribution in [2.75, 3.05) is 6.61 Å². The summed E-state index contributed by atoms with van der Waals surface area (Å²) in [5.74, 6) is 0. The first-order chi connectivity index (χ1) is 5.63. The van der Waals surface area contributed by atoms with Crippen LogP contribution in [0.2, 0.25) is 0 Å². The Bertz CT molecular complexity index is 110. The monoisotopic (exact) mass is 180 g/mol. The molecule has 0 aliphatic heterocycles. The van der Waals surface area contributed by atoms with Gasteiger partial charge in [0, 0.05) is 0 Å². The fraction of sp³-hybridized carbons (Fsp3) is 0.750. The lowest BCUT2D eigenvalue weighted by Gasteiger charge is -2.00. The Hall–Kier alpha value is -0.640. The second kappa shape index (κ2) is 7.03. The largest absolute Gasteiger partial charge is 0.496 e. The van der Waals surface area contributed by atoms with Crippen molar-refractivity contribution in [3.63, 3.8) is 0 Å². The van der Waals surface area contributed by atoms with Crippen LogP contribution in [0, 0.1) is 0 Å². The third-order valence-corrected chi connectivity index (χ3v) is 1.17. The van der Waals surface area contributed by atoms with E-state index in [0.29, 0.717) is 12.8 Å². The van der Waals surface area contributed by atoms with E-state index in [4.69, 9.17) is 5.11 Å². The molecule has 0 aromatic rings. The molecule has 4 heteroatoms. The van der Waals surface area contributed by atoms with Crippen LogP contribution in [0.1, 0.15) is 19.8 Å². The predicted octanol–water partition coefficient (Wildman–Crippen LogP) is 1.94. The normalized spacial score (nSPS) is 14.1. The van der Waals surface area contributed by atoms with Crippen molar-refractivity contribution in [1.29, 1.82) is 0 Å². The molecular formula is C8H14F2O2. The topological polar surface area (TPSA) is 29.5 Å². The highest BCUT2D eigenvalue weighted by molar-refractivity contribution is 4.74. The first-order valence-corrected chi connectivity index (χ1v) is 3.85. The van der Waals surface area contributed by atoms with E-state index in [1.165, 1.54) is 6.26 Å². The zero-order valence-electron chi connectivity index (χ0n) is 7.04. The van der Waals surface area contributed by atoms with Gasteiger partial charge in [0.2, 0.25) is 0 Å². The highest BCUT2D eigenvalue weighted by Gasteiger charge is 1.98. The SMILES string of the molecule is CC(O)CCC=COCC(F)F. The van der Waals surface area contributed by atoms with Crippen LogP contribution in [0.3, 0.4) is 0 Å². The minimum Gasteiger partial charge on any atom is -0.496 e. The van der Waals surface area contributed by atoms with Crippen molar-refractivity contribution in [3.8, 4) is 0 Å². The number of allylic oxidation sites excluding steroid dienone is 1. The van der Waals surface area contributed by atoms with E-state index in [0.717, 1.165) is 0 Å². The summed E-state index contributed by atoms with van der Waals surface area (Å²) in [6.45, 7) is 1.11. The molecule has 2 nitrogen and oxygen atoms in total. The van der Waals surface area contributed by atoms with Crippen LogP contribution in [0.4, 0.5) is 8.78 Å². The summed E-state index contributed by atoms with van der Waals surface area (Å²) in [6.07, 6.45) is 1.34. The van der Waals surface area contributed by atoms with Gasteiger partial charge in [-0.05, 0) is 25.8 Å². The molecular weight excluding hydrogens is 166 g/mol. The molecule has 0 aromatic heterocycles. The summed E-state index contributed by atoms with van der Waals surface area (Å²) in [5, 5.41) is 8.80. The predicted molar refractivity (Wildman–Crippen MR) is 42.0 cm³/mol. The third kappa shape index (κ3) is 9.36. The molecule has 0 aliphatic carbocycles. The minimum absolute atomic E-state index is 0.357. The van der Waals surface area contributed by atoms with Crippen molar-refractivity contribution in [1.82, 2.24) is 0 Å². The van der Waals surface area contributed by atoms with E-state index in [9.17, 15) is 8.78 Å². The van der Waals surface area contributed by atoms with Gasteiger partial charge in [-0.15, -0.1) is 0 Å². The molecule has 1 N–H and O–H groups in total. The van der Waals surface area contributed by atoms with E-state index < -0.39 is 13.0 Å². The molecule has 0 fully saturated rings. The number of hydrogen-bond acceptors (Lipinski definition) is 2. The Morgan fingerprint density at radius 1 is 1.50 bits per heavy atom. The maximum absolute atomic E-state index is 11.5. The van der Waals surface area contributed by atoms with Crippen LogP contribution in [-0.4, -0.2) is 24.2 Å². The number of hydrogen-bond donors (Lipinski definition) is 1. The van der Waals surface area contributed by atoms with Crippen molar-refractivity contribution < 1.29 is 18.6 Å². The van der Waals surface area contributed by atoms with Gasteiger partial charge < -0.3 is 9.84 Å². The number of alkyl halides is 2. The van der Waals surface area contributed by atoms with Gasteiger partial charge in [0.25, 0.3) is 6.43 Å². The molecule has 0 aliphatic rings. The summed E-state index contributed by atoms with van der Waals surface area (Å²) >= 11 is 0. The molecule has 0 bridgehead atoms. The smallest absolute Gasteiger partial charge is 0.272 e. The van der Waals surface area contributed by atoms with E-state index >= 15 is 0 Å². The standard InChI is InChI=1S/C8H14F2O2/c1-7(11)4-2-3-5-12-6-8(9)10/h3,5,7-8,11H,2,4,6H2,1H3. The number of aliphatic hydroxyl groups excluding tert-OH is 1. The van der Waals surface area contributed by atoms with Crippen LogP contribution in [0.25, 0.3) is 0 Å². The summed E-state index contributed by atoms with van der Waals surface area (Å²) in [7, 11) is 0. The van der Waals surface area contributed by atoms with Crippen LogP contribution in [0.5, 0.6) is 0 Å². The van der Waals surface area contributed by atoms with Crippen molar-refractivity contribution in [2.24, 2.45) is 0 Å². The lowest BCUT2D eigenvalue weighted by atomic mass is 10.2. The molecule has 12 heavy (non-hydrogen) atoms. The maximum Gasteiger partial charge on any atom is 0.272 e. The van der Waals surface area contributed by atoms with Gasteiger partial charge >= 0.3 is 0 Å². The molecule has 1 unspecified atom stereocenters. The molecule has 72 valence electrons. The average molecular weight is 180 g/mol. The van der Waals surface area contributed by atoms with Crippen molar-refractivity contribution in [3.05, 3.63) is 12.3 Å². The van der Waals surface area contributed by atoms with Crippen molar-refractivity contribution in [2.45, 2.75) is 32.3 Å². The first kappa shape index (κ1) is 11.4. The highest BCUT2D eigenvalue weighted by atomic mass is 19.3. The third-order valence-electron chi connectivity index (χ3n) is 1.17. The highest BCUT2D eigenvalue weighted by Crippen LogP contribution is 1.98. The van der Waals surface area contributed by atoms with Gasteiger partial charge in [-0.1, -0.05) is 0 Å². The van der Waals surface area contributed by atoms with E-state index in [1.807, 2.05) is 0 Å². The van der Waals surface area contributed by atoms with E-state index in [1.54, 1.807) is 13.0 Å². The summed E-state index contributed by atoms with van der Waals surface area (Å²) in [5.41, 5.74) is 0. The zero-order chi connectivity index (χ0) is 9.40. The molecule has 0 spiro atoms. The van der Waals surface area contributed by atoms with Gasteiger partial charge in [0.15, 0.2) is 0 Å². The zero-order valence-corrected chi connectivity index (χ0v) is 7.04. The van der Waals surface area contributed by atoms with Gasteiger partial charge in [0.05, 0.1) is 12.4 Å². The lowest BCUT2D eigenvalue weighted by Crippen LogP contribution is -2.00. The Morgan fingerprint density at radius 3 is 2.67 bits per heavy atom. The fourth-order valence-corrected chi connectivity index (χ4v) is 0.602. The molecule has 0 heterocycles. The van der Waals surface area contributed by atoms with Crippen LogP contribution < -0.4 is 0 Å². The number of ether oxygens (including phenoxy) is 1. The molecule has 0 rings (SSSR count). The van der Waals surface area contributed by atoms with Crippen LogP contribution in [-0.2, 0) is 4.74 Å². The number of halogens is 2. The minimum atomic E-state index is -2.42. The second-order valence-corrected chi connectivity index (χ2v) is 2.52.